The van der Waals surface area contributed by atoms with Gasteiger partial charge in [-0.15, -0.1) is 0 Å². The van der Waals surface area contributed by atoms with Crippen molar-refractivity contribution in [2.75, 3.05) is 0 Å². The van der Waals surface area contributed by atoms with E-state index in [2.05, 4.69) is 6.58 Å². The van der Waals surface area contributed by atoms with E-state index in [-0.39, 0.29) is 11.2 Å². The lowest BCUT2D eigenvalue weighted by atomic mass is 9.86. The van der Waals surface area contributed by atoms with Gasteiger partial charge in [0.2, 0.25) is 6.29 Å². The Kier molecular flexibility index (Phi) is 5.41. The zero-order chi connectivity index (χ0) is 16.2. The summed E-state index contributed by atoms with van der Waals surface area (Å²) in [4.78, 5) is 11.5. The molecule has 0 aliphatic carbocycles. The zero-order valence-corrected chi connectivity index (χ0v) is 13.4. The first-order valence-electron chi connectivity index (χ1n) is 7.02. The molecule has 4 nitrogen and oxygen atoms in total. The topological polar surface area (TPSA) is 55.8 Å². The van der Waals surface area contributed by atoms with E-state index >= 15 is 0 Å². The molecule has 0 saturated heterocycles. The lowest BCUT2D eigenvalue weighted by Gasteiger charge is -2.23. The van der Waals surface area contributed by atoms with Crippen LogP contribution < -0.4 is 4.74 Å². The van der Waals surface area contributed by atoms with E-state index < -0.39 is 12.3 Å². The van der Waals surface area contributed by atoms with Gasteiger partial charge in [-0.1, -0.05) is 46.4 Å². The monoisotopic (exact) mass is 292 g/mol. The number of phenolic OH excluding ortho intramolecular Hbond substituents is 1. The molecule has 116 valence electrons. The molecule has 4 heteroatoms. The first-order valence-corrected chi connectivity index (χ1v) is 7.02. The van der Waals surface area contributed by atoms with Crippen LogP contribution in [0.3, 0.4) is 0 Å². The summed E-state index contributed by atoms with van der Waals surface area (Å²) in [5, 5.41) is 10.3. The molecule has 21 heavy (non-hydrogen) atoms. The van der Waals surface area contributed by atoms with Crippen molar-refractivity contribution in [1.82, 2.24) is 0 Å². The molecule has 0 fully saturated rings. The molecular formula is C17H24O4. The minimum absolute atomic E-state index is 0.0785. The third-order valence-electron chi connectivity index (χ3n) is 2.99. The highest BCUT2D eigenvalue weighted by atomic mass is 16.7. The van der Waals surface area contributed by atoms with Crippen molar-refractivity contribution >= 4 is 5.97 Å². The number of esters is 1. The second kappa shape index (κ2) is 6.66. The predicted molar refractivity (Wildman–Crippen MR) is 82.4 cm³/mol. The first-order chi connectivity index (χ1) is 9.66. The number of rotatable bonds is 5. The largest absolute Gasteiger partial charge is 0.504 e. The molecule has 0 bridgehead atoms. The second-order valence-electron chi connectivity index (χ2n) is 6.04. The first kappa shape index (κ1) is 17.1. The minimum Gasteiger partial charge on any atom is -0.504 e. The van der Waals surface area contributed by atoms with Gasteiger partial charge in [-0.25, -0.2) is 4.79 Å². The summed E-state index contributed by atoms with van der Waals surface area (Å²) >= 11 is 0. The van der Waals surface area contributed by atoms with E-state index in [9.17, 15) is 9.90 Å². The fourth-order valence-electron chi connectivity index (χ4n) is 1.77. The van der Waals surface area contributed by atoms with Gasteiger partial charge in [-0.3, -0.25) is 0 Å². The maximum Gasteiger partial charge on any atom is 0.336 e. The second-order valence-corrected chi connectivity index (χ2v) is 6.04. The minimum atomic E-state index is -0.754. The molecule has 0 amide bonds. The van der Waals surface area contributed by atoms with Crippen molar-refractivity contribution in [3.05, 3.63) is 35.9 Å². The molecule has 0 aliphatic heterocycles. The van der Waals surface area contributed by atoms with Gasteiger partial charge < -0.3 is 14.6 Å². The molecule has 1 unspecified atom stereocenters. The normalized spacial score (nSPS) is 12.6. The number of hydrogen-bond donors (Lipinski definition) is 1. The number of phenols is 1. The summed E-state index contributed by atoms with van der Waals surface area (Å²) in [6.45, 7) is 13.0. The summed E-state index contributed by atoms with van der Waals surface area (Å²) < 4.78 is 10.8. The van der Waals surface area contributed by atoms with Crippen molar-refractivity contribution in [3.63, 3.8) is 0 Å². The van der Waals surface area contributed by atoms with Gasteiger partial charge in [0.15, 0.2) is 11.5 Å². The Labute approximate surface area is 126 Å². The van der Waals surface area contributed by atoms with Crippen molar-refractivity contribution in [2.45, 2.75) is 52.7 Å². The van der Waals surface area contributed by atoms with E-state index in [4.69, 9.17) is 9.47 Å². The molecular weight excluding hydrogens is 268 g/mol. The average molecular weight is 292 g/mol. The van der Waals surface area contributed by atoms with Crippen LogP contribution in [0.25, 0.3) is 0 Å². The van der Waals surface area contributed by atoms with Crippen molar-refractivity contribution < 1.29 is 19.4 Å². The molecule has 0 radical (unpaired) electrons. The SMILES string of the molecule is C=C(C)C(=O)OC(CC)Oc1cccc(C(C)(C)C)c1O. The molecule has 1 aromatic rings. The highest BCUT2D eigenvalue weighted by Crippen LogP contribution is 2.37. The molecule has 0 heterocycles. The number of hydrogen-bond acceptors (Lipinski definition) is 4. The van der Waals surface area contributed by atoms with Gasteiger partial charge in [0.25, 0.3) is 0 Å². The van der Waals surface area contributed by atoms with Crippen LogP contribution in [0.5, 0.6) is 11.5 Å². The molecule has 1 rings (SSSR count). The average Bonchev–Trinajstić information content (AvgIpc) is 2.38. The Hall–Kier alpha value is -1.97. The van der Waals surface area contributed by atoms with Crippen molar-refractivity contribution in [3.8, 4) is 11.5 Å². The lowest BCUT2D eigenvalue weighted by Crippen LogP contribution is -2.24. The Morgan fingerprint density at radius 3 is 2.48 bits per heavy atom. The highest BCUT2D eigenvalue weighted by Gasteiger charge is 2.22. The maximum atomic E-state index is 11.5. The summed E-state index contributed by atoms with van der Waals surface area (Å²) in [6, 6.07) is 5.31. The van der Waals surface area contributed by atoms with Crippen LogP contribution in [0.1, 0.15) is 46.6 Å². The Morgan fingerprint density at radius 2 is 2.00 bits per heavy atom. The number of carbonyl (C=O) groups excluding carboxylic acids is 1. The van der Waals surface area contributed by atoms with E-state index in [0.29, 0.717) is 17.7 Å². The molecule has 0 spiro atoms. The standard InChI is InChI=1S/C17H24O4/c1-7-14(21-16(19)11(2)3)20-13-10-8-9-12(15(13)18)17(4,5)6/h8-10,14,18H,2,7H2,1,3-6H3. The maximum absolute atomic E-state index is 11.5. The zero-order valence-electron chi connectivity index (χ0n) is 13.4. The number of para-hydroxylation sites is 1. The Bertz CT molecular complexity index is 526. The Morgan fingerprint density at radius 1 is 1.38 bits per heavy atom. The Balaban J connectivity index is 2.96. The number of ether oxygens (including phenoxy) is 2. The molecule has 0 saturated carbocycles. The van der Waals surface area contributed by atoms with Gasteiger partial charge in [-0.2, -0.15) is 0 Å². The number of benzene rings is 1. The van der Waals surface area contributed by atoms with Gasteiger partial charge >= 0.3 is 5.97 Å². The molecule has 0 aromatic heterocycles. The van der Waals surface area contributed by atoms with Crippen molar-refractivity contribution in [1.29, 1.82) is 0 Å². The van der Waals surface area contributed by atoms with Crippen LogP contribution in [0.2, 0.25) is 0 Å². The van der Waals surface area contributed by atoms with Crippen LogP contribution in [0.15, 0.2) is 30.4 Å². The summed E-state index contributed by atoms with van der Waals surface area (Å²) in [7, 11) is 0. The van der Waals surface area contributed by atoms with E-state index in [1.54, 1.807) is 13.0 Å². The summed E-state index contributed by atoms with van der Waals surface area (Å²) in [5.41, 5.74) is 0.880. The van der Waals surface area contributed by atoms with Crippen LogP contribution in [0, 0.1) is 0 Å². The highest BCUT2D eigenvalue weighted by molar-refractivity contribution is 5.87. The van der Waals surface area contributed by atoms with Crippen LogP contribution in [0.4, 0.5) is 0 Å². The van der Waals surface area contributed by atoms with Gasteiger partial charge in [0.1, 0.15) is 0 Å². The third-order valence-corrected chi connectivity index (χ3v) is 2.99. The quantitative estimate of drug-likeness (QED) is 0.507. The summed E-state index contributed by atoms with van der Waals surface area (Å²) in [6.07, 6.45) is -0.284. The van der Waals surface area contributed by atoms with Crippen LogP contribution in [-0.4, -0.2) is 17.4 Å². The number of aromatic hydroxyl groups is 1. The molecule has 1 N–H and O–H groups in total. The van der Waals surface area contributed by atoms with E-state index in [0.717, 1.165) is 5.56 Å². The molecule has 1 atom stereocenters. The van der Waals surface area contributed by atoms with Crippen LogP contribution >= 0.6 is 0 Å². The van der Waals surface area contributed by atoms with Crippen molar-refractivity contribution in [2.24, 2.45) is 0 Å². The van der Waals surface area contributed by atoms with Gasteiger partial charge in [-0.05, 0) is 18.4 Å². The van der Waals surface area contributed by atoms with E-state index in [1.165, 1.54) is 0 Å². The number of carbonyl (C=O) groups is 1. The van der Waals surface area contributed by atoms with Crippen LogP contribution in [-0.2, 0) is 14.9 Å². The summed E-state index contributed by atoms with van der Waals surface area (Å²) in [5.74, 6) is -0.119. The smallest absolute Gasteiger partial charge is 0.336 e. The van der Waals surface area contributed by atoms with E-state index in [1.807, 2.05) is 39.8 Å². The fraction of sp³-hybridized carbons (Fsp3) is 0.471. The predicted octanol–water partition coefficient (Wildman–Crippen LogP) is 3.92. The fourth-order valence-corrected chi connectivity index (χ4v) is 1.77. The molecule has 1 aromatic carbocycles. The van der Waals surface area contributed by atoms with Gasteiger partial charge in [0, 0.05) is 17.6 Å². The lowest BCUT2D eigenvalue weighted by molar-refractivity contribution is -0.159. The van der Waals surface area contributed by atoms with Gasteiger partial charge in [0.05, 0.1) is 0 Å². The molecule has 0 aliphatic rings. The third kappa shape index (κ3) is 4.52.